The molecule has 0 bridgehead atoms. The Labute approximate surface area is 159 Å². The van der Waals surface area contributed by atoms with Gasteiger partial charge < -0.3 is 10.2 Å². The van der Waals surface area contributed by atoms with Gasteiger partial charge in [0.1, 0.15) is 0 Å². The van der Waals surface area contributed by atoms with Crippen molar-refractivity contribution in [1.82, 2.24) is 10.2 Å². The molecule has 1 fully saturated rings. The topological polar surface area (TPSA) is 49.4 Å². The normalized spacial score (nSPS) is 17.4. The van der Waals surface area contributed by atoms with Crippen molar-refractivity contribution >= 4 is 23.0 Å². The summed E-state index contributed by atoms with van der Waals surface area (Å²) in [4.78, 5) is 26.5. The number of rotatable bonds is 7. The Morgan fingerprint density at radius 1 is 1.31 bits per heavy atom. The minimum Gasteiger partial charge on any atom is -0.355 e. The van der Waals surface area contributed by atoms with Crippen LogP contribution in [0.3, 0.4) is 0 Å². The molecule has 5 heteroatoms. The van der Waals surface area contributed by atoms with Crippen LogP contribution < -0.4 is 5.32 Å². The molecule has 0 unspecified atom stereocenters. The summed E-state index contributed by atoms with van der Waals surface area (Å²) in [6.07, 6.45) is 1.52. The van der Waals surface area contributed by atoms with Crippen LogP contribution >= 0.6 is 11.3 Å². The van der Waals surface area contributed by atoms with Gasteiger partial charge in [0.25, 0.3) is 0 Å². The quantitative estimate of drug-likeness (QED) is 0.760. The molecule has 1 saturated heterocycles. The maximum atomic E-state index is 12.1. The number of ketones is 1. The average molecular weight is 371 g/mol. The van der Waals surface area contributed by atoms with E-state index in [9.17, 15) is 9.59 Å². The number of likely N-dealkylation sites (tertiary alicyclic amines) is 1. The van der Waals surface area contributed by atoms with Crippen LogP contribution in [0.4, 0.5) is 0 Å². The van der Waals surface area contributed by atoms with Crippen LogP contribution in [0.2, 0.25) is 0 Å². The van der Waals surface area contributed by atoms with Crippen molar-refractivity contribution in [3.8, 4) is 0 Å². The summed E-state index contributed by atoms with van der Waals surface area (Å²) in [5.74, 6) is 0.675. The van der Waals surface area contributed by atoms with Gasteiger partial charge in [-0.05, 0) is 60.9 Å². The highest BCUT2D eigenvalue weighted by atomic mass is 32.1. The predicted octanol–water partition coefficient (Wildman–Crippen LogP) is 3.41. The highest BCUT2D eigenvalue weighted by Gasteiger charge is 2.24. The second-order valence-electron chi connectivity index (χ2n) is 7.04. The van der Waals surface area contributed by atoms with Gasteiger partial charge in [-0.1, -0.05) is 24.3 Å². The van der Waals surface area contributed by atoms with Gasteiger partial charge >= 0.3 is 0 Å². The fraction of sp³-hybridized carbons (Fsp3) is 0.429. The van der Waals surface area contributed by atoms with Crippen LogP contribution in [0.15, 0.2) is 35.7 Å². The Balaban J connectivity index is 1.40. The van der Waals surface area contributed by atoms with E-state index in [1.807, 2.05) is 11.4 Å². The van der Waals surface area contributed by atoms with Crippen molar-refractivity contribution in [2.75, 3.05) is 26.2 Å². The Hall–Kier alpha value is -1.98. The van der Waals surface area contributed by atoms with Crippen LogP contribution in [-0.4, -0.2) is 42.8 Å². The van der Waals surface area contributed by atoms with Crippen molar-refractivity contribution < 1.29 is 9.59 Å². The second kappa shape index (κ2) is 8.60. The van der Waals surface area contributed by atoms with Gasteiger partial charge in [0, 0.05) is 19.6 Å². The van der Waals surface area contributed by atoms with Crippen molar-refractivity contribution in [2.45, 2.75) is 32.6 Å². The Kier molecular flexibility index (Phi) is 6.22. The van der Waals surface area contributed by atoms with Gasteiger partial charge in [0.2, 0.25) is 5.91 Å². The highest BCUT2D eigenvalue weighted by molar-refractivity contribution is 7.12. The van der Waals surface area contributed by atoms with Gasteiger partial charge in [0.05, 0.1) is 11.3 Å². The number of hydrogen-bond acceptors (Lipinski definition) is 4. The molecule has 3 rings (SSSR count). The molecule has 1 aromatic heterocycles. The molecule has 1 amide bonds. The number of aryl methyl sites for hydroxylation is 1. The van der Waals surface area contributed by atoms with Crippen LogP contribution in [0, 0.1) is 6.92 Å². The van der Waals surface area contributed by atoms with Crippen LogP contribution in [-0.2, 0) is 11.2 Å². The number of carbonyl (C=O) groups excluding carboxylic acids is 2. The van der Waals surface area contributed by atoms with E-state index < -0.39 is 0 Å². The molecular formula is C21H26N2O2S. The number of nitrogens with one attached hydrogen (secondary N) is 1. The first kappa shape index (κ1) is 18.8. The average Bonchev–Trinajstić information content (AvgIpc) is 3.25. The molecular weight excluding hydrogens is 344 g/mol. The molecule has 2 heterocycles. The lowest BCUT2D eigenvalue weighted by molar-refractivity contribution is -0.120. The summed E-state index contributed by atoms with van der Waals surface area (Å²) in [7, 11) is 0. The maximum absolute atomic E-state index is 12.1. The first-order valence-corrected chi connectivity index (χ1v) is 10.0. The van der Waals surface area contributed by atoms with Gasteiger partial charge in [0.15, 0.2) is 5.78 Å². The van der Waals surface area contributed by atoms with Crippen molar-refractivity contribution in [1.29, 1.82) is 0 Å². The summed E-state index contributed by atoms with van der Waals surface area (Å²) in [5.41, 5.74) is 3.74. The smallest absolute Gasteiger partial charge is 0.224 e. The van der Waals surface area contributed by atoms with E-state index in [1.165, 1.54) is 28.9 Å². The van der Waals surface area contributed by atoms with E-state index in [-0.39, 0.29) is 11.7 Å². The lowest BCUT2D eigenvalue weighted by Gasteiger charge is -2.17. The number of thiophene rings is 1. The maximum Gasteiger partial charge on any atom is 0.224 e. The molecule has 1 aliphatic rings. The Morgan fingerprint density at radius 3 is 2.85 bits per heavy atom. The van der Waals surface area contributed by atoms with Gasteiger partial charge in [-0.15, -0.1) is 11.3 Å². The Bertz CT molecular complexity index is 784. The lowest BCUT2D eigenvalue weighted by Crippen LogP contribution is -2.34. The molecule has 2 aromatic rings. The third kappa shape index (κ3) is 4.80. The number of hydrogen-bond donors (Lipinski definition) is 1. The minimum absolute atomic E-state index is 0.0209. The SMILES string of the molecule is CC(=O)c1cc(CC(=O)NCCN2CC[C@@H](c3ccccc3C)C2)cs1. The third-order valence-electron chi connectivity index (χ3n) is 5.02. The van der Waals surface area contributed by atoms with E-state index in [0.717, 1.165) is 25.2 Å². The monoisotopic (exact) mass is 370 g/mol. The molecule has 1 N–H and O–H groups in total. The van der Waals surface area contributed by atoms with Crippen LogP contribution in [0.1, 0.15) is 45.6 Å². The molecule has 0 aliphatic carbocycles. The zero-order chi connectivity index (χ0) is 18.5. The van der Waals surface area contributed by atoms with Gasteiger partial charge in [-0.3, -0.25) is 9.59 Å². The number of benzene rings is 1. The van der Waals surface area contributed by atoms with Gasteiger partial charge in [-0.2, -0.15) is 0 Å². The van der Waals surface area contributed by atoms with Gasteiger partial charge in [-0.25, -0.2) is 0 Å². The second-order valence-corrected chi connectivity index (χ2v) is 7.96. The number of Topliss-reactive ketones (excluding diaryl/α,β-unsaturated/α-hetero) is 1. The Morgan fingerprint density at radius 2 is 2.12 bits per heavy atom. The van der Waals surface area contributed by atoms with Crippen molar-refractivity contribution in [3.05, 3.63) is 57.3 Å². The third-order valence-corrected chi connectivity index (χ3v) is 6.10. The predicted molar refractivity (Wildman–Crippen MR) is 106 cm³/mol. The summed E-state index contributed by atoms with van der Waals surface area (Å²) >= 11 is 1.41. The van der Waals surface area contributed by atoms with Crippen LogP contribution in [0.5, 0.6) is 0 Å². The van der Waals surface area contributed by atoms with E-state index in [2.05, 4.69) is 41.4 Å². The largest absolute Gasteiger partial charge is 0.355 e. The number of amides is 1. The molecule has 0 saturated carbocycles. The lowest BCUT2D eigenvalue weighted by atomic mass is 9.94. The molecule has 138 valence electrons. The molecule has 26 heavy (non-hydrogen) atoms. The summed E-state index contributed by atoms with van der Waals surface area (Å²) < 4.78 is 0. The van der Waals surface area contributed by atoms with Crippen molar-refractivity contribution in [2.24, 2.45) is 0 Å². The molecule has 1 atom stereocenters. The van der Waals surface area contributed by atoms with Crippen molar-refractivity contribution in [3.63, 3.8) is 0 Å². The summed E-state index contributed by atoms with van der Waals surface area (Å²) in [5, 5.41) is 4.89. The molecule has 1 aliphatic heterocycles. The first-order valence-electron chi connectivity index (χ1n) is 9.16. The molecule has 4 nitrogen and oxygen atoms in total. The fourth-order valence-corrected chi connectivity index (χ4v) is 4.40. The molecule has 1 aromatic carbocycles. The van der Waals surface area contributed by atoms with Crippen LogP contribution in [0.25, 0.3) is 0 Å². The summed E-state index contributed by atoms with van der Waals surface area (Å²) in [6, 6.07) is 10.4. The number of nitrogens with zero attached hydrogens (tertiary/aromatic N) is 1. The zero-order valence-electron chi connectivity index (χ0n) is 15.5. The van der Waals surface area contributed by atoms with E-state index in [1.54, 1.807) is 6.92 Å². The molecule has 0 radical (unpaired) electrons. The standard InChI is InChI=1S/C21H26N2O2S/c1-15-5-3-4-6-19(15)18-7-9-23(13-18)10-8-22-21(25)12-17-11-20(16(2)24)26-14-17/h3-6,11,14,18H,7-10,12-13H2,1-2H3,(H,22,25)/t18-/m1/s1. The highest BCUT2D eigenvalue weighted by Crippen LogP contribution is 2.28. The molecule has 0 spiro atoms. The first-order chi connectivity index (χ1) is 12.5. The fourth-order valence-electron chi connectivity index (χ4n) is 3.59. The van der Waals surface area contributed by atoms with E-state index in [4.69, 9.17) is 0 Å². The summed E-state index contributed by atoms with van der Waals surface area (Å²) in [6.45, 7) is 7.43. The minimum atomic E-state index is 0.0209. The zero-order valence-corrected chi connectivity index (χ0v) is 16.3. The van der Waals surface area contributed by atoms with E-state index in [0.29, 0.717) is 23.8 Å². The van der Waals surface area contributed by atoms with E-state index >= 15 is 0 Å². The number of carbonyl (C=O) groups is 2.